The van der Waals surface area contributed by atoms with E-state index in [2.05, 4.69) is 234 Å². The van der Waals surface area contributed by atoms with Gasteiger partial charge in [0.1, 0.15) is 38.0 Å². The van der Waals surface area contributed by atoms with Gasteiger partial charge in [0, 0.05) is 93.1 Å². The summed E-state index contributed by atoms with van der Waals surface area (Å²) in [7, 11) is 4.38. The summed E-state index contributed by atoms with van der Waals surface area (Å²) < 4.78 is 10.5. The van der Waals surface area contributed by atoms with Gasteiger partial charge in [-0.15, -0.1) is 0 Å². The summed E-state index contributed by atoms with van der Waals surface area (Å²) in [4.78, 5) is 26.0. The molecule has 14 heteroatoms. The lowest BCUT2D eigenvalue weighted by Crippen LogP contribution is -3.21. The van der Waals surface area contributed by atoms with Crippen LogP contribution in [0.1, 0.15) is 301 Å². The summed E-state index contributed by atoms with van der Waals surface area (Å²) in [6, 6.07) is 9.03. The van der Waals surface area contributed by atoms with E-state index in [-0.39, 0.29) is 5.54 Å². The number of nitrogens with one attached hydrogen (secondary N) is 9. The van der Waals surface area contributed by atoms with E-state index in [1.54, 1.807) is 34.3 Å². The van der Waals surface area contributed by atoms with Gasteiger partial charge in [-0.1, -0.05) is 12.5 Å². The van der Waals surface area contributed by atoms with E-state index in [4.69, 9.17) is 9.47 Å². The molecule has 0 aromatic carbocycles. The van der Waals surface area contributed by atoms with E-state index in [1.807, 2.05) is 35.8 Å². The molecular weight excluding hydrogens is 1250 g/mol. The molecule has 9 N–H and O–H groups in total. The van der Waals surface area contributed by atoms with Crippen molar-refractivity contribution in [1.29, 1.82) is 0 Å². The number of nitrogens with zero attached hydrogens (tertiary/aromatic N) is 3. The molecular formula is C87H179N12O2+9. The van der Waals surface area contributed by atoms with Crippen LogP contribution in [0.15, 0.2) is 49.1 Å². The lowest BCUT2D eigenvalue weighted by atomic mass is 9.95. The van der Waals surface area contributed by atoms with E-state index < -0.39 is 0 Å². The highest BCUT2D eigenvalue weighted by Gasteiger charge is 2.39. The number of likely N-dealkylation sites (N-methyl/N-ethyl adjacent to an activating group) is 1. The summed E-state index contributed by atoms with van der Waals surface area (Å²) in [5.74, 6) is 2.08. The first-order valence-electron chi connectivity index (χ1n) is 42.0. The number of likely N-dealkylation sites (tertiary alicyclic amines) is 5. The van der Waals surface area contributed by atoms with E-state index in [0.717, 1.165) is 38.4 Å². The van der Waals surface area contributed by atoms with Crippen molar-refractivity contribution in [2.45, 2.75) is 346 Å². The van der Waals surface area contributed by atoms with Crippen molar-refractivity contribution in [3.63, 3.8) is 0 Å². The Hall–Kier alpha value is -2.18. The number of quaternary nitrogens is 9. The van der Waals surface area contributed by atoms with Gasteiger partial charge in [-0.2, -0.15) is 0 Å². The average Bonchev–Trinajstić information content (AvgIpc) is 1.71. The average molecular weight is 1430 g/mol. The fraction of sp³-hybridized carbons (Fsp3) is 0.885. The van der Waals surface area contributed by atoms with Gasteiger partial charge in [0.15, 0.2) is 6.73 Å². The van der Waals surface area contributed by atoms with Crippen LogP contribution in [-0.4, -0.2) is 210 Å². The molecule has 14 nitrogen and oxygen atoms in total. The minimum atomic E-state index is 0.251. The molecule has 2 aromatic heterocycles. The molecule has 8 aliphatic heterocycles. The van der Waals surface area contributed by atoms with E-state index in [0.29, 0.717) is 50.4 Å². The van der Waals surface area contributed by atoms with Crippen molar-refractivity contribution in [2.75, 3.05) is 145 Å². The third-order valence-electron chi connectivity index (χ3n) is 24.2. The molecule has 1 saturated carbocycles. The maximum absolute atomic E-state index is 5.27. The third-order valence-corrected chi connectivity index (χ3v) is 24.2. The van der Waals surface area contributed by atoms with Crippen LogP contribution in [0.5, 0.6) is 0 Å². The largest absolute Gasteiger partial charge is 0.370 e. The summed E-state index contributed by atoms with van der Waals surface area (Å²) >= 11 is 0. The Morgan fingerprint density at radius 3 is 1.09 bits per heavy atom. The lowest BCUT2D eigenvalue weighted by Gasteiger charge is -2.38. The third kappa shape index (κ3) is 38.0. The van der Waals surface area contributed by atoms with Crippen LogP contribution in [0.4, 0.5) is 5.69 Å². The molecule has 6 atom stereocenters. The maximum atomic E-state index is 5.27. The molecule has 101 heavy (non-hydrogen) atoms. The quantitative estimate of drug-likeness (QED) is 0.184. The minimum absolute atomic E-state index is 0.251. The van der Waals surface area contributed by atoms with E-state index in [1.165, 1.54) is 224 Å². The zero-order valence-electron chi connectivity index (χ0n) is 73.0. The Morgan fingerprint density at radius 1 is 0.366 bits per heavy atom. The molecule has 8 saturated heterocycles. The molecule has 11 rings (SSSR count). The number of piperazine rings is 1. The summed E-state index contributed by atoms with van der Waals surface area (Å²) in [5.41, 5.74) is 6.44. The highest BCUT2D eigenvalue weighted by molar-refractivity contribution is 5.25. The number of pyridine rings is 2. The second kappa shape index (κ2) is 43.7. The first-order valence-corrected chi connectivity index (χ1v) is 42.0. The smallest absolute Gasteiger partial charge is 0.182 e. The minimum Gasteiger partial charge on any atom is -0.370 e. The number of ether oxygens (including phenoxy) is 2. The van der Waals surface area contributed by atoms with Gasteiger partial charge in [-0.05, 0) is 271 Å². The Balaban J connectivity index is 0.000000297. The number of hydrogen-bond acceptors (Lipinski definition) is 5. The first-order chi connectivity index (χ1) is 46.7. The second-order valence-electron chi connectivity index (χ2n) is 41.6. The van der Waals surface area contributed by atoms with Crippen molar-refractivity contribution >= 4 is 5.69 Å². The van der Waals surface area contributed by atoms with Crippen molar-refractivity contribution in [2.24, 2.45) is 11.8 Å². The van der Waals surface area contributed by atoms with Crippen molar-refractivity contribution < 1.29 is 53.6 Å². The summed E-state index contributed by atoms with van der Waals surface area (Å²) in [6.45, 7) is 87.4. The number of fused-ring (bicyclic) bond motifs is 3. The normalized spacial score (nSPS) is 25.5. The van der Waals surface area contributed by atoms with Crippen LogP contribution >= 0.6 is 0 Å². The molecule has 0 radical (unpaired) electrons. The predicted octanol–water partition coefficient (Wildman–Crippen LogP) is 6.04. The van der Waals surface area contributed by atoms with Crippen LogP contribution in [0, 0.1) is 11.8 Å². The Morgan fingerprint density at radius 2 is 0.743 bits per heavy atom. The van der Waals surface area contributed by atoms with Crippen molar-refractivity contribution in [3.8, 4) is 0 Å². The monoisotopic (exact) mass is 1420 g/mol. The number of morpholine rings is 1. The molecule has 9 aliphatic rings. The Kier molecular flexibility index (Phi) is 40.3. The first kappa shape index (κ1) is 93.0. The van der Waals surface area contributed by atoms with Crippen molar-refractivity contribution in [1.82, 2.24) is 14.9 Å². The van der Waals surface area contributed by atoms with Gasteiger partial charge in [0.2, 0.25) is 0 Å². The van der Waals surface area contributed by atoms with Crippen LogP contribution in [-0.2, 0) is 9.47 Å². The Labute approximate surface area is 628 Å². The van der Waals surface area contributed by atoms with Gasteiger partial charge in [-0.3, -0.25) is 14.9 Å². The molecule has 590 valence electrons. The summed E-state index contributed by atoms with van der Waals surface area (Å²) in [6.07, 6.45) is 30.8. The topological polar surface area (TPSA) is 87.4 Å². The maximum Gasteiger partial charge on any atom is 0.182 e. The standard InChI is InChI=1S/C13H20N2.C13H25N.C10H16N2.C10H21N.C9H20N2.C9H19N.C8H17NO.C8H17N.C7H15NO/c1-13(2,3)15-9-5-7-12(15)11-6-4-8-14-10-11;1-13(2,3)14-9-11-5-4-6-12(10-14)8-7-11;1-10(2,3)12(4)9-5-7-11-8-6-9;1-10(2,3)11-8-6-4-5-7-9-11;1-9(2,3)11-7-5-10(4)6-8-11;1-9(2,3)10-7-5-4-6-8-10;1-8(2,3)9-4-6-10-7-5-9;1-8(2,3)9-6-4-5-7-9;1-7(2,3)8-4-5-9-6-8/h4,6,8,10,12H,5,7,9H2,1-3H3;11-12H,4-10H2,1-3H3;5-8H,1-4H3;4-9H2,1-3H3;5-8H2,1-4H3;4-8H2,1-3H3;4-7H2,1-3H3;4-7H2,1-3H3;4-6H2,1-3H3/p+9. The molecule has 2 aromatic rings. The second-order valence-corrected chi connectivity index (χ2v) is 41.6. The zero-order valence-corrected chi connectivity index (χ0v) is 73.0. The highest BCUT2D eigenvalue weighted by atomic mass is 16.5. The Bertz CT molecular complexity index is 2310. The van der Waals surface area contributed by atoms with Crippen molar-refractivity contribution in [3.05, 3.63) is 54.6 Å². The predicted molar refractivity (Wildman–Crippen MR) is 431 cm³/mol. The number of piperidine rings is 1. The van der Waals surface area contributed by atoms with Gasteiger partial charge in [0.05, 0.1) is 142 Å². The highest BCUT2D eigenvalue weighted by Crippen LogP contribution is 2.28. The molecule has 10 heterocycles. The number of rotatable bonds is 2. The molecule has 1 aliphatic carbocycles. The molecule has 9 fully saturated rings. The SMILES string of the molecule is CC(C)(C)[NH+]1CC2CCCC(CC2)C1.CC(C)(C)[NH+]1CCCC1.CC(C)(C)[NH+]1CCCC1c1cccnc1.CC(C)(C)[NH+]1CCCCC1.CC(C)(C)[NH+]1CCCCCC1.CC(C)(C)[NH+]1CCOC1.CC(C)(C)[NH+]1CCOCC1.CN1CC[NH+](C(C)(C)C)CC1.C[NH+](c1ccncc1)C(C)(C)C. The van der Waals surface area contributed by atoms with Crippen LogP contribution in [0.3, 0.4) is 0 Å². The van der Waals surface area contributed by atoms with Gasteiger partial charge < -0.3 is 53.6 Å². The van der Waals surface area contributed by atoms with Gasteiger partial charge in [-0.25, -0.2) is 0 Å². The number of aromatic nitrogens is 2. The molecule has 6 unspecified atom stereocenters. The van der Waals surface area contributed by atoms with E-state index >= 15 is 0 Å². The lowest BCUT2D eigenvalue weighted by molar-refractivity contribution is -0.963. The molecule has 0 spiro atoms. The van der Waals surface area contributed by atoms with Crippen LogP contribution < -0.4 is 44.1 Å². The van der Waals surface area contributed by atoms with Crippen LogP contribution in [0.25, 0.3) is 0 Å². The number of hydrogen-bond donors (Lipinski definition) is 9. The van der Waals surface area contributed by atoms with Gasteiger partial charge >= 0.3 is 0 Å². The zero-order chi connectivity index (χ0) is 76.1. The fourth-order valence-corrected chi connectivity index (χ4v) is 16.2. The van der Waals surface area contributed by atoms with E-state index in [9.17, 15) is 0 Å². The molecule has 2 bridgehead atoms. The van der Waals surface area contributed by atoms with Crippen LogP contribution in [0.2, 0.25) is 0 Å². The fourth-order valence-electron chi connectivity index (χ4n) is 16.2. The summed E-state index contributed by atoms with van der Waals surface area (Å²) in [5, 5.41) is 0. The van der Waals surface area contributed by atoms with Gasteiger partial charge in [0.25, 0.3) is 0 Å². The molecule has 0 amide bonds.